The molecular formula is C16H15BrN4O. The van der Waals surface area contributed by atoms with E-state index in [2.05, 4.69) is 36.8 Å². The summed E-state index contributed by atoms with van der Waals surface area (Å²) in [6.45, 7) is 1.95. The number of hydrogen-bond acceptors (Lipinski definition) is 2. The first kappa shape index (κ1) is 14.6. The Balaban J connectivity index is 1.69. The number of aromatic nitrogens is 2. The number of fused-ring (bicyclic) bond motifs is 1. The normalized spacial score (nSPS) is 12.1. The van der Waals surface area contributed by atoms with E-state index in [1.165, 1.54) is 0 Å². The fourth-order valence-electron chi connectivity index (χ4n) is 2.27. The van der Waals surface area contributed by atoms with Crippen LogP contribution in [0.25, 0.3) is 10.9 Å². The molecule has 1 atom stereocenters. The van der Waals surface area contributed by atoms with Crippen molar-refractivity contribution in [3.05, 3.63) is 58.7 Å². The van der Waals surface area contributed by atoms with Crippen molar-refractivity contribution in [2.24, 2.45) is 0 Å². The van der Waals surface area contributed by atoms with Crippen LogP contribution in [0.15, 0.2) is 53.1 Å². The van der Waals surface area contributed by atoms with Crippen molar-refractivity contribution in [3.63, 3.8) is 0 Å². The molecule has 5 nitrogen and oxygen atoms in total. The molecule has 0 saturated heterocycles. The van der Waals surface area contributed by atoms with Gasteiger partial charge in [0.15, 0.2) is 0 Å². The van der Waals surface area contributed by atoms with Crippen LogP contribution in [0.4, 0.5) is 10.5 Å². The van der Waals surface area contributed by atoms with Crippen LogP contribution in [0.1, 0.15) is 18.5 Å². The quantitative estimate of drug-likeness (QED) is 0.656. The van der Waals surface area contributed by atoms with Crippen LogP contribution in [0.5, 0.6) is 0 Å². The van der Waals surface area contributed by atoms with Crippen LogP contribution in [0.2, 0.25) is 0 Å². The Kier molecular flexibility index (Phi) is 4.11. The molecule has 0 bridgehead atoms. The Bertz CT molecular complexity index is 797. The fourth-order valence-corrected chi connectivity index (χ4v) is 2.53. The van der Waals surface area contributed by atoms with E-state index in [-0.39, 0.29) is 12.1 Å². The van der Waals surface area contributed by atoms with E-state index in [1.807, 2.05) is 49.4 Å². The lowest BCUT2D eigenvalue weighted by Crippen LogP contribution is -2.31. The average Bonchev–Trinajstić information content (AvgIpc) is 2.97. The van der Waals surface area contributed by atoms with Gasteiger partial charge >= 0.3 is 6.03 Å². The molecule has 0 saturated carbocycles. The van der Waals surface area contributed by atoms with E-state index in [4.69, 9.17) is 0 Å². The van der Waals surface area contributed by atoms with Crippen LogP contribution < -0.4 is 10.6 Å². The number of carbonyl (C=O) groups excluding carboxylic acids is 1. The standard InChI is InChI=1S/C16H15BrN4O/c1-10(11-5-7-12(17)8-6-11)19-16(22)20-14-3-2-4-15-13(14)9-18-21-15/h2-10H,1H3,(H,18,21)(H2,19,20,22). The lowest BCUT2D eigenvalue weighted by atomic mass is 10.1. The smallest absolute Gasteiger partial charge is 0.319 e. The Labute approximate surface area is 136 Å². The maximum atomic E-state index is 12.2. The SMILES string of the molecule is CC(NC(=O)Nc1cccc2[nH]ncc12)c1ccc(Br)cc1. The van der Waals surface area contributed by atoms with Crippen LogP contribution >= 0.6 is 15.9 Å². The molecule has 1 heterocycles. The zero-order valence-electron chi connectivity index (χ0n) is 11.9. The highest BCUT2D eigenvalue weighted by atomic mass is 79.9. The van der Waals surface area contributed by atoms with Crippen LogP contribution in [0.3, 0.4) is 0 Å². The van der Waals surface area contributed by atoms with Gasteiger partial charge in [-0.2, -0.15) is 5.10 Å². The molecular weight excluding hydrogens is 344 g/mol. The third-order valence-electron chi connectivity index (χ3n) is 3.45. The first-order chi connectivity index (χ1) is 10.6. The number of rotatable bonds is 3. The maximum absolute atomic E-state index is 12.2. The van der Waals surface area contributed by atoms with Gasteiger partial charge in [-0.1, -0.05) is 34.1 Å². The summed E-state index contributed by atoms with van der Waals surface area (Å²) in [5, 5.41) is 13.5. The van der Waals surface area contributed by atoms with E-state index in [9.17, 15) is 4.79 Å². The zero-order chi connectivity index (χ0) is 15.5. The summed E-state index contributed by atoms with van der Waals surface area (Å²) >= 11 is 3.40. The van der Waals surface area contributed by atoms with Gasteiger partial charge in [0, 0.05) is 9.86 Å². The van der Waals surface area contributed by atoms with Gasteiger partial charge in [-0.15, -0.1) is 0 Å². The molecule has 0 fully saturated rings. The summed E-state index contributed by atoms with van der Waals surface area (Å²) in [4.78, 5) is 12.2. The molecule has 3 rings (SSSR count). The van der Waals surface area contributed by atoms with Crippen LogP contribution in [-0.2, 0) is 0 Å². The maximum Gasteiger partial charge on any atom is 0.319 e. The number of halogens is 1. The zero-order valence-corrected chi connectivity index (χ0v) is 13.5. The number of amides is 2. The van der Waals surface area contributed by atoms with E-state index < -0.39 is 0 Å². The lowest BCUT2D eigenvalue weighted by molar-refractivity contribution is 0.249. The Morgan fingerprint density at radius 3 is 2.77 bits per heavy atom. The number of aromatic amines is 1. The average molecular weight is 359 g/mol. The number of nitrogens with one attached hydrogen (secondary N) is 3. The van der Waals surface area contributed by atoms with Crippen molar-refractivity contribution in [2.45, 2.75) is 13.0 Å². The summed E-state index contributed by atoms with van der Waals surface area (Å²) in [6.07, 6.45) is 1.70. The van der Waals surface area contributed by atoms with Gasteiger partial charge in [0.05, 0.1) is 23.4 Å². The van der Waals surface area contributed by atoms with Crippen molar-refractivity contribution in [3.8, 4) is 0 Å². The third kappa shape index (κ3) is 3.12. The van der Waals surface area contributed by atoms with Gasteiger partial charge in [-0.25, -0.2) is 4.79 Å². The molecule has 6 heteroatoms. The number of H-pyrrole nitrogens is 1. The van der Waals surface area contributed by atoms with Crippen molar-refractivity contribution in [1.29, 1.82) is 0 Å². The molecule has 3 N–H and O–H groups in total. The Morgan fingerprint density at radius 1 is 1.23 bits per heavy atom. The molecule has 0 aliphatic heterocycles. The summed E-state index contributed by atoms with van der Waals surface area (Å²) in [6, 6.07) is 13.2. The summed E-state index contributed by atoms with van der Waals surface area (Å²) < 4.78 is 1.01. The van der Waals surface area contributed by atoms with Gasteiger partial charge in [-0.05, 0) is 36.8 Å². The topological polar surface area (TPSA) is 69.8 Å². The number of nitrogens with zero attached hydrogens (tertiary/aromatic N) is 1. The highest BCUT2D eigenvalue weighted by Crippen LogP contribution is 2.21. The van der Waals surface area contributed by atoms with Gasteiger partial charge in [0.1, 0.15) is 0 Å². The molecule has 0 radical (unpaired) electrons. The highest BCUT2D eigenvalue weighted by Gasteiger charge is 2.11. The van der Waals surface area contributed by atoms with Crippen molar-refractivity contribution >= 4 is 38.6 Å². The van der Waals surface area contributed by atoms with Gasteiger partial charge in [0.2, 0.25) is 0 Å². The second kappa shape index (κ2) is 6.19. The van der Waals surface area contributed by atoms with Crippen molar-refractivity contribution in [2.75, 3.05) is 5.32 Å². The minimum absolute atomic E-state index is 0.0864. The van der Waals surface area contributed by atoms with E-state index >= 15 is 0 Å². The predicted octanol–water partition coefficient (Wildman–Crippen LogP) is 4.21. The third-order valence-corrected chi connectivity index (χ3v) is 3.98. The number of hydrogen-bond donors (Lipinski definition) is 3. The van der Waals surface area contributed by atoms with E-state index in [1.54, 1.807) is 6.20 Å². The molecule has 0 aliphatic carbocycles. The van der Waals surface area contributed by atoms with Gasteiger partial charge < -0.3 is 10.6 Å². The largest absolute Gasteiger partial charge is 0.331 e. The van der Waals surface area contributed by atoms with Crippen LogP contribution in [0, 0.1) is 0 Å². The number of urea groups is 1. The predicted molar refractivity (Wildman–Crippen MR) is 90.8 cm³/mol. The monoisotopic (exact) mass is 358 g/mol. The molecule has 3 aromatic rings. The molecule has 1 unspecified atom stereocenters. The first-order valence-electron chi connectivity index (χ1n) is 6.88. The fraction of sp³-hybridized carbons (Fsp3) is 0.125. The lowest BCUT2D eigenvalue weighted by Gasteiger charge is -2.15. The van der Waals surface area contributed by atoms with E-state index in [0.29, 0.717) is 0 Å². The highest BCUT2D eigenvalue weighted by molar-refractivity contribution is 9.10. The molecule has 22 heavy (non-hydrogen) atoms. The Morgan fingerprint density at radius 2 is 2.00 bits per heavy atom. The van der Waals surface area contributed by atoms with Crippen molar-refractivity contribution < 1.29 is 4.79 Å². The molecule has 1 aromatic heterocycles. The molecule has 0 aliphatic rings. The molecule has 2 amide bonds. The Hall–Kier alpha value is -2.34. The van der Waals surface area contributed by atoms with Gasteiger partial charge in [0.25, 0.3) is 0 Å². The molecule has 112 valence electrons. The second-order valence-electron chi connectivity index (χ2n) is 5.01. The molecule has 0 spiro atoms. The van der Waals surface area contributed by atoms with E-state index in [0.717, 1.165) is 26.6 Å². The minimum atomic E-state index is -0.246. The van der Waals surface area contributed by atoms with Crippen molar-refractivity contribution in [1.82, 2.24) is 15.5 Å². The number of carbonyl (C=O) groups is 1. The molecule has 2 aromatic carbocycles. The number of anilines is 1. The number of benzene rings is 2. The summed E-state index contributed by atoms with van der Waals surface area (Å²) in [5.41, 5.74) is 2.66. The second-order valence-corrected chi connectivity index (χ2v) is 5.92. The summed E-state index contributed by atoms with van der Waals surface area (Å²) in [7, 11) is 0. The minimum Gasteiger partial charge on any atom is -0.331 e. The van der Waals surface area contributed by atoms with Gasteiger partial charge in [-0.3, -0.25) is 5.10 Å². The summed E-state index contributed by atoms with van der Waals surface area (Å²) in [5.74, 6) is 0. The first-order valence-corrected chi connectivity index (χ1v) is 7.68. The van der Waals surface area contributed by atoms with Crippen LogP contribution in [-0.4, -0.2) is 16.2 Å².